The Hall–Kier alpha value is -2.87. The van der Waals surface area contributed by atoms with Crippen LogP contribution in [0.4, 0.5) is 5.69 Å². The number of anilines is 1. The number of carbonyl (C=O) groups excluding carboxylic acids is 2. The molecule has 0 aliphatic carbocycles. The van der Waals surface area contributed by atoms with E-state index in [1.54, 1.807) is 6.07 Å². The maximum absolute atomic E-state index is 13.4. The van der Waals surface area contributed by atoms with Gasteiger partial charge in [0.1, 0.15) is 12.6 Å². The van der Waals surface area contributed by atoms with E-state index in [-0.39, 0.29) is 19.0 Å². The van der Waals surface area contributed by atoms with Crippen molar-refractivity contribution in [1.82, 2.24) is 10.2 Å². The fourth-order valence-corrected chi connectivity index (χ4v) is 4.45. The Kier molecular flexibility index (Phi) is 8.21. The van der Waals surface area contributed by atoms with Gasteiger partial charge in [-0.1, -0.05) is 55.0 Å². The maximum atomic E-state index is 13.4. The zero-order chi connectivity index (χ0) is 23.2. The highest BCUT2D eigenvalue weighted by atomic mass is 32.2. The van der Waals surface area contributed by atoms with Gasteiger partial charge >= 0.3 is 0 Å². The number of rotatable bonds is 9. The fourth-order valence-electron chi connectivity index (χ4n) is 3.55. The highest BCUT2D eigenvalue weighted by Crippen LogP contribution is 2.24. The van der Waals surface area contributed by atoms with Crippen molar-refractivity contribution in [3.8, 4) is 0 Å². The van der Waals surface area contributed by atoms with E-state index in [9.17, 15) is 18.0 Å². The van der Waals surface area contributed by atoms with Crippen LogP contribution in [0.2, 0.25) is 0 Å². The molecule has 2 rings (SSSR count). The molecule has 0 bridgehead atoms. The summed E-state index contributed by atoms with van der Waals surface area (Å²) in [6.07, 6.45) is 1.48. The van der Waals surface area contributed by atoms with Gasteiger partial charge in [0.25, 0.3) is 0 Å². The summed E-state index contributed by atoms with van der Waals surface area (Å²) in [7, 11) is -2.21. The van der Waals surface area contributed by atoms with Gasteiger partial charge in [0.2, 0.25) is 21.8 Å². The van der Waals surface area contributed by atoms with Crippen LogP contribution in [0.15, 0.2) is 48.5 Å². The lowest BCUT2D eigenvalue weighted by Crippen LogP contribution is -2.51. The second-order valence-electron chi connectivity index (χ2n) is 7.61. The summed E-state index contributed by atoms with van der Waals surface area (Å²) in [6.45, 7) is 5.37. The highest BCUT2D eigenvalue weighted by Gasteiger charge is 2.31. The Morgan fingerprint density at radius 3 is 2.23 bits per heavy atom. The average molecular weight is 446 g/mol. The highest BCUT2D eigenvalue weighted by molar-refractivity contribution is 7.92. The number of likely N-dealkylation sites (N-methyl/N-ethyl adjacent to an activating group) is 1. The number of nitrogens with one attached hydrogen (secondary N) is 1. The lowest BCUT2D eigenvalue weighted by atomic mass is 10.1. The summed E-state index contributed by atoms with van der Waals surface area (Å²) in [5.74, 6) is -0.728. The molecule has 0 aliphatic rings. The lowest BCUT2D eigenvalue weighted by molar-refractivity contribution is -0.140. The van der Waals surface area contributed by atoms with E-state index >= 15 is 0 Å². The first-order valence-electron chi connectivity index (χ1n) is 10.2. The summed E-state index contributed by atoms with van der Waals surface area (Å²) in [6, 6.07) is 14.0. The number of amides is 2. The molecular weight excluding hydrogens is 414 g/mol. The number of aryl methyl sites for hydroxylation is 2. The van der Waals surface area contributed by atoms with E-state index < -0.39 is 22.0 Å². The van der Waals surface area contributed by atoms with Crippen molar-refractivity contribution in [2.75, 3.05) is 24.2 Å². The van der Waals surface area contributed by atoms with Gasteiger partial charge in [-0.15, -0.1) is 0 Å². The van der Waals surface area contributed by atoms with E-state index in [4.69, 9.17) is 0 Å². The summed E-state index contributed by atoms with van der Waals surface area (Å²) in [4.78, 5) is 27.4. The van der Waals surface area contributed by atoms with Crippen LogP contribution in [-0.4, -0.2) is 51.0 Å². The zero-order valence-electron chi connectivity index (χ0n) is 18.8. The second-order valence-corrected chi connectivity index (χ2v) is 9.51. The molecule has 2 aromatic carbocycles. The van der Waals surface area contributed by atoms with Gasteiger partial charge in [0, 0.05) is 13.6 Å². The smallest absolute Gasteiger partial charge is 0.244 e. The molecule has 0 fully saturated rings. The van der Waals surface area contributed by atoms with E-state index in [2.05, 4.69) is 5.32 Å². The molecule has 1 N–H and O–H groups in total. The zero-order valence-corrected chi connectivity index (χ0v) is 19.6. The molecular formula is C23H31N3O4S. The number of carbonyl (C=O) groups is 2. The molecule has 0 aromatic heterocycles. The third-order valence-electron chi connectivity index (χ3n) is 5.13. The first-order chi connectivity index (χ1) is 14.6. The minimum atomic E-state index is -3.73. The quantitative estimate of drug-likeness (QED) is 0.643. The summed E-state index contributed by atoms with van der Waals surface area (Å²) >= 11 is 0. The Balaban J connectivity index is 2.44. The number of hydrogen-bond donors (Lipinski definition) is 1. The van der Waals surface area contributed by atoms with Crippen LogP contribution < -0.4 is 9.62 Å². The molecule has 0 spiro atoms. The molecule has 2 amide bonds. The lowest BCUT2D eigenvalue weighted by Gasteiger charge is -2.33. The van der Waals surface area contributed by atoms with Crippen molar-refractivity contribution in [1.29, 1.82) is 0 Å². The second kappa shape index (κ2) is 10.4. The molecule has 0 saturated carbocycles. The Labute approximate surface area is 185 Å². The largest absolute Gasteiger partial charge is 0.357 e. The minimum Gasteiger partial charge on any atom is -0.357 e. The van der Waals surface area contributed by atoms with Crippen LogP contribution in [0, 0.1) is 13.8 Å². The van der Waals surface area contributed by atoms with Crippen LogP contribution in [0.1, 0.15) is 30.0 Å². The van der Waals surface area contributed by atoms with E-state index in [0.29, 0.717) is 12.1 Å². The van der Waals surface area contributed by atoms with Crippen LogP contribution in [0.25, 0.3) is 0 Å². The van der Waals surface area contributed by atoms with Crippen LogP contribution in [-0.2, 0) is 26.2 Å². The molecule has 168 valence electrons. The summed E-state index contributed by atoms with van der Waals surface area (Å²) in [5.41, 5.74) is 3.06. The molecule has 31 heavy (non-hydrogen) atoms. The van der Waals surface area contributed by atoms with Crippen LogP contribution >= 0.6 is 0 Å². The number of benzene rings is 2. The van der Waals surface area contributed by atoms with Gasteiger partial charge in [0.15, 0.2) is 0 Å². The van der Waals surface area contributed by atoms with Crippen molar-refractivity contribution in [2.45, 2.75) is 39.8 Å². The van der Waals surface area contributed by atoms with E-state index in [0.717, 1.165) is 27.3 Å². The standard InChI is InChI=1S/C23H31N3O4S/c1-6-20(23(28)24-4)25(15-19-10-8-7-9-11-19)22(27)16-26(31(5,29)30)21-13-12-17(2)14-18(21)3/h7-14,20H,6,15-16H2,1-5H3,(H,24,28)/t20-/m1/s1. The van der Waals surface area contributed by atoms with Gasteiger partial charge in [0.05, 0.1) is 11.9 Å². The van der Waals surface area contributed by atoms with Gasteiger partial charge in [-0.2, -0.15) is 0 Å². The Morgan fingerprint density at radius 1 is 1.06 bits per heavy atom. The normalized spacial score (nSPS) is 12.2. The Bertz CT molecular complexity index is 1020. The molecule has 0 heterocycles. The van der Waals surface area contributed by atoms with Crippen molar-refractivity contribution >= 4 is 27.5 Å². The number of hydrogen-bond acceptors (Lipinski definition) is 4. The first kappa shape index (κ1) is 24.4. The Morgan fingerprint density at radius 2 is 1.71 bits per heavy atom. The third kappa shape index (κ3) is 6.30. The van der Waals surface area contributed by atoms with Crippen molar-refractivity contribution in [3.63, 3.8) is 0 Å². The molecule has 0 unspecified atom stereocenters. The van der Waals surface area contributed by atoms with Gasteiger partial charge in [-0.05, 0) is 37.5 Å². The van der Waals surface area contributed by atoms with Crippen molar-refractivity contribution in [3.05, 3.63) is 65.2 Å². The minimum absolute atomic E-state index is 0.204. The average Bonchev–Trinajstić information content (AvgIpc) is 2.72. The first-order valence-corrected chi connectivity index (χ1v) is 12.0. The van der Waals surface area contributed by atoms with Crippen LogP contribution in [0.5, 0.6) is 0 Å². The SMILES string of the molecule is CC[C@H](C(=O)NC)N(Cc1ccccc1)C(=O)CN(c1ccc(C)cc1C)S(C)(=O)=O. The molecule has 2 aromatic rings. The molecule has 1 atom stereocenters. The summed E-state index contributed by atoms with van der Waals surface area (Å²) < 4.78 is 26.3. The topological polar surface area (TPSA) is 86.8 Å². The molecule has 0 saturated heterocycles. The third-order valence-corrected chi connectivity index (χ3v) is 6.25. The number of sulfonamides is 1. The van der Waals surface area contributed by atoms with Gasteiger partial charge < -0.3 is 10.2 Å². The van der Waals surface area contributed by atoms with Gasteiger partial charge in [-0.3, -0.25) is 13.9 Å². The number of nitrogens with zero attached hydrogens (tertiary/aromatic N) is 2. The maximum Gasteiger partial charge on any atom is 0.244 e. The fraction of sp³-hybridized carbons (Fsp3) is 0.391. The molecule has 7 nitrogen and oxygen atoms in total. The van der Waals surface area contributed by atoms with Crippen molar-refractivity contribution in [2.24, 2.45) is 0 Å². The molecule has 0 radical (unpaired) electrons. The molecule has 0 aliphatic heterocycles. The van der Waals surface area contributed by atoms with Crippen LogP contribution in [0.3, 0.4) is 0 Å². The monoisotopic (exact) mass is 445 g/mol. The summed E-state index contributed by atoms with van der Waals surface area (Å²) in [5, 5.41) is 2.60. The van der Waals surface area contributed by atoms with E-state index in [1.807, 2.05) is 63.2 Å². The predicted octanol–water partition coefficient (Wildman–Crippen LogP) is 2.62. The van der Waals surface area contributed by atoms with E-state index in [1.165, 1.54) is 11.9 Å². The van der Waals surface area contributed by atoms with Gasteiger partial charge in [-0.25, -0.2) is 8.42 Å². The predicted molar refractivity (Wildman–Crippen MR) is 123 cm³/mol. The van der Waals surface area contributed by atoms with Crippen molar-refractivity contribution < 1.29 is 18.0 Å². The molecule has 8 heteroatoms.